The van der Waals surface area contributed by atoms with Gasteiger partial charge in [-0.1, -0.05) is 20.3 Å². The summed E-state index contributed by atoms with van der Waals surface area (Å²) in [7, 11) is 0. The number of unbranched alkanes of at least 4 members (excludes halogenated alkanes) is 2. The Kier molecular flexibility index (Phi) is 6.53. The Labute approximate surface area is 104 Å². The number of hydrogen-bond acceptors (Lipinski definition) is 2. The van der Waals surface area contributed by atoms with E-state index in [0.29, 0.717) is 5.78 Å². The molecule has 0 amide bonds. The van der Waals surface area contributed by atoms with Crippen molar-refractivity contribution < 1.29 is 4.79 Å². The summed E-state index contributed by atoms with van der Waals surface area (Å²) in [6.45, 7) is 4.10. The maximum Gasteiger partial charge on any atom is 0.135 e. The molecule has 17 heavy (non-hydrogen) atoms. The van der Waals surface area contributed by atoms with Crippen LogP contribution in [0.2, 0.25) is 0 Å². The van der Waals surface area contributed by atoms with Crippen LogP contribution in [0.25, 0.3) is 0 Å². The third-order valence-electron chi connectivity index (χ3n) is 3.30. The fraction of sp³-hybridized carbons (Fsp3) is 0.600. The fourth-order valence-electron chi connectivity index (χ4n) is 1.83. The van der Waals surface area contributed by atoms with Crippen LogP contribution >= 0.6 is 0 Å². The van der Waals surface area contributed by atoms with Gasteiger partial charge in [0.05, 0.1) is 0 Å². The van der Waals surface area contributed by atoms with Crippen LogP contribution in [0.4, 0.5) is 0 Å². The number of carbonyl (C=O) groups is 1. The first-order valence-corrected chi connectivity index (χ1v) is 6.65. The highest BCUT2D eigenvalue weighted by atomic mass is 16.1. The second-order valence-corrected chi connectivity index (χ2v) is 4.69. The Morgan fingerprint density at radius 3 is 2.59 bits per heavy atom. The van der Waals surface area contributed by atoms with Gasteiger partial charge >= 0.3 is 0 Å². The lowest BCUT2D eigenvalue weighted by Crippen LogP contribution is -2.09. The highest BCUT2D eigenvalue weighted by molar-refractivity contribution is 5.80. The van der Waals surface area contributed by atoms with Crippen LogP contribution in [0.1, 0.15) is 51.5 Å². The number of aryl methyl sites for hydroxylation is 1. The average Bonchev–Trinajstić information content (AvgIpc) is 2.38. The van der Waals surface area contributed by atoms with Crippen LogP contribution in [-0.4, -0.2) is 10.8 Å². The Balaban J connectivity index is 2.07. The van der Waals surface area contributed by atoms with Crippen LogP contribution in [-0.2, 0) is 11.2 Å². The molecule has 0 saturated heterocycles. The van der Waals surface area contributed by atoms with E-state index in [1.165, 1.54) is 5.56 Å². The van der Waals surface area contributed by atoms with E-state index in [4.69, 9.17) is 0 Å². The molecular weight excluding hydrogens is 210 g/mol. The number of pyridine rings is 1. The van der Waals surface area contributed by atoms with Gasteiger partial charge in [-0.2, -0.15) is 0 Å². The van der Waals surface area contributed by atoms with E-state index in [0.717, 1.165) is 38.5 Å². The van der Waals surface area contributed by atoms with Crippen LogP contribution in [0.5, 0.6) is 0 Å². The largest absolute Gasteiger partial charge is 0.299 e. The summed E-state index contributed by atoms with van der Waals surface area (Å²) in [4.78, 5) is 15.6. The molecule has 0 radical (unpaired) electrons. The van der Waals surface area contributed by atoms with Crippen molar-refractivity contribution in [2.45, 2.75) is 52.4 Å². The van der Waals surface area contributed by atoms with E-state index in [2.05, 4.69) is 24.0 Å². The fourth-order valence-corrected chi connectivity index (χ4v) is 1.83. The summed E-state index contributed by atoms with van der Waals surface area (Å²) in [5.74, 6) is 0.673. The zero-order valence-corrected chi connectivity index (χ0v) is 11.0. The smallest absolute Gasteiger partial charge is 0.135 e. The summed E-state index contributed by atoms with van der Waals surface area (Å²) < 4.78 is 0. The monoisotopic (exact) mass is 233 g/mol. The van der Waals surface area contributed by atoms with Crippen molar-refractivity contribution in [2.75, 3.05) is 0 Å². The zero-order valence-electron chi connectivity index (χ0n) is 11.0. The molecule has 2 nitrogen and oxygen atoms in total. The van der Waals surface area contributed by atoms with E-state index in [-0.39, 0.29) is 5.92 Å². The van der Waals surface area contributed by atoms with Crippen LogP contribution < -0.4 is 0 Å². The molecule has 94 valence electrons. The molecule has 0 aliphatic rings. The molecule has 0 spiro atoms. The van der Waals surface area contributed by atoms with Crippen LogP contribution in [0, 0.1) is 5.92 Å². The lowest BCUT2D eigenvalue weighted by Gasteiger charge is -2.06. The number of Topliss-reactive ketones (excluding diaryl/α,β-unsaturated/α-hetero) is 1. The third-order valence-corrected chi connectivity index (χ3v) is 3.30. The predicted molar refractivity (Wildman–Crippen MR) is 70.9 cm³/mol. The number of aromatic nitrogens is 1. The van der Waals surface area contributed by atoms with Crippen LogP contribution in [0.15, 0.2) is 24.5 Å². The van der Waals surface area contributed by atoms with E-state index >= 15 is 0 Å². The molecule has 0 aliphatic heterocycles. The quantitative estimate of drug-likeness (QED) is 0.639. The van der Waals surface area contributed by atoms with Gasteiger partial charge in [-0.15, -0.1) is 0 Å². The Morgan fingerprint density at radius 2 is 1.94 bits per heavy atom. The SMILES string of the molecule is CCC(C)C(=O)CCCCCc1ccncc1. The topological polar surface area (TPSA) is 30.0 Å². The van der Waals surface area contributed by atoms with E-state index in [1.54, 1.807) is 0 Å². The van der Waals surface area contributed by atoms with Crippen molar-refractivity contribution in [3.8, 4) is 0 Å². The second kappa shape index (κ2) is 7.99. The Morgan fingerprint density at radius 1 is 1.24 bits per heavy atom. The normalized spacial score (nSPS) is 12.4. The minimum absolute atomic E-state index is 0.246. The Bertz CT molecular complexity index is 321. The van der Waals surface area contributed by atoms with Gasteiger partial charge in [-0.05, 0) is 43.4 Å². The van der Waals surface area contributed by atoms with Crippen molar-refractivity contribution in [1.29, 1.82) is 0 Å². The molecule has 1 unspecified atom stereocenters. The van der Waals surface area contributed by atoms with Gasteiger partial charge in [-0.3, -0.25) is 9.78 Å². The molecule has 1 aromatic rings. The van der Waals surface area contributed by atoms with Gasteiger partial charge in [-0.25, -0.2) is 0 Å². The average molecular weight is 233 g/mol. The predicted octanol–water partition coefficient (Wildman–Crippen LogP) is 3.80. The number of hydrogen-bond donors (Lipinski definition) is 0. The first-order chi connectivity index (χ1) is 8.24. The molecule has 0 fully saturated rings. The minimum atomic E-state index is 0.246. The molecule has 0 bridgehead atoms. The van der Waals surface area contributed by atoms with Crippen molar-refractivity contribution in [3.63, 3.8) is 0 Å². The number of ketones is 1. The molecule has 0 aromatic carbocycles. The number of nitrogens with zero attached hydrogens (tertiary/aromatic N) is 1. The van der Waals surface area contributed by atoms with Gasteiger partial charge in [0.1, 0.15) is 5.78 Å². The van der Waals surface area contributed by atoms with E-state index in [9.17, 15) is 4.79 Å². The molecule has 1 heterocycles. The molecule has 0 saturated carbocycles. The van der Waals surface area contributed by atoms with E-state index in [1.807, 2.05) is 19.3 Å². The summed E-state index contributed by atoms with van der Waals surface area (Å²) in [5, 5.41) is 0. The van der Waals surface area contributed by atoms with Gasteiger partial charge in [0.2, 0.25) is 0 Å². The van der Waals surface area contributed by atoms with Gasteiger partial charge in [0.15, 0.2) is 0 Å². The van der Waals surface area contributed by atoms with Gasteiger partial charge in [0, 0.05) is 24.7 Å². The summed E-state index contributed by atoms with van der Waals surface area (Å²) >= 11 is 0. The standard InChI is InChI=1S/C15H23NO/c1-3-13(2)15(17)8-6-4-5-7-14-9-11-16-12-10-14/h9-13H,3-8H2,1-2H3. The molecule has 0 N–H and O–H groups in total. The van der Waals surface area contributed by atoms with Crippen molar-refractivity contribution >= 4 is 5.78 Å². The minimum Gasteiger partial charge on any atom is -0.299 e. The molecular formula is C15H23NO. The summed E-state index contributed by atoms with van der Waals surface area (Å²) in [5.41, 5.74) is 1.34. The second-order valence-electron chi connectivity index (χ2n) is 4.69. The lowest BCUT2D eigenvalue weighted by molar-refractivity contribution is -0.122. The summed E-state index contributed by atoms with van der Waals surface area (Å²) in [6.07, 6.45) is 9.83. The molecule has 2 heteroatoms. The molecule has 1 rings (SSSR count). The van der Waals surface area contributed by atoms with Crippen molar-refractivity contribution in [1.82, 2.24) is 4.98 Å². The molecule has 1 aromatic heterocycles. The summed E-state index contributed by atoms with van der Waals surface area (Å²) in [6, 6.07) is 4.12. The zero-order chi connectivity index (χ0) is 12.5. The molecule has 1 atom stereocenters. The van der Waals surface area contributed by atoms with Gasteiger partial charge in [0.25, 0.3) is 0 Å². The van der Waals surface area contributed by atoms with Gasteiger partial charge < -0.3 is 0 Å². The maximum absolute atomic E-state index is 11.6. The number of rotatable bonds is 8. The maximum atomic E-state index is 11.6. The molecule has 0 aliphatic carbocycles. The van der Waals surface area contributed by atoms with Crippen LogP contribution in [0.3, 0.4) is 0 Å². The van der Waals surface area contributed by atoms with E-state index < -0.39 is 0 Å². The highest BCUT2D eigenvalue weighted by Gasteiger charge is 2.09. The first-order valence-electron chi connectivity index (χ1n) is 6.65. The first kappa shape index (κ1) is 13.9. The Hall–Kier alpha value is -1.18. The van der Waals surface area contributed by atoms with Crippen molar-refractivity contribution in [2.24, 2.45) is 5.92 Å². The van der Waals surface area contributed by atoms with Crippen molar-refractivity contribution in [3.05, 3.63) is 30.1 Å². The lowest BCUT2D eigenvalue weighted by atomic mass is 9.98. The highest BCUT2D eigenvalue weighted by Crippen LogP contribution is 2.11. The number of carbonyl (C=O) groups excluding carboxylic acids is 1. The third kappa shape index (κ3) is 5.62.